The molecule has 0 aromatic rings. The van der Waals surface area contributed by atoms with Gasteiger partial charge in [0.05, 0.1) is 12.4 Å². The maximum absolute atomic E-state index is 11.5. The van der Waals surface area contributed by atoms with E-state index in [0.29, 0.717) is 0 Å². The molecule has 0 aliphatic heterocycles. The van der Waals surface area contributed by atoms with Crippen LogP contribution in [-0.2, 0) is 14.8 Å². The Kier molecular flexibility index (Phi) is 4.02. The van der Waals surface area contributed by atoms with Crippen LogP contribution in [0.25, 0.3) is 0 Å². The van der Waals surface area contributed by atoms with Crippen LogP contribution in [0.1, 0.15) is 13.3 Å². The third-order valence-electron chi connectivity index (χ3n) is 0.846. The van der Waals surface area contributed by atoms with E-state index in [1.807, 2.05) is 0 Å². The van der Waals surface area contributed by atoms with Gasteiger partial charge in [-0.1, -0.05) is 0 Å². The molecule has 0 bridgehead atoms. The highest BCUT2D eigenvalue weighted by Gasteiger charge is 2.10. The van der Waals surface area contributed by atoms with E-state index in [-0.39, 0.29) is 12.2 Å². The highest BCUT2D eigenvalue weighted by Crippen LogP contribution is 1.89. The normalized spacial score (nSPS) is 11.1. The second-order valence-corrected chi connectivity index (χ2v) is 3.86. The molecule has 0 fully saturated rings. The highest BCUT2D eigenvalue weighted by atomic mass is 32.2. The first kappa shape index (κ1) is 10.3. The molecule has 6 heteroatoms. The largest absolute Gasteiger partial charge is 0.274 e. The van der Waals surface area contributed by atoms with Crippen molar-refractivity contribution in [2.75, 3.05) is 12.4 Å². The van der Waals surface area contributed by atoms with Crippen LogP contribution >= 0.6 is 0 Å². The number of hydrogen-bond donors (Lipinski definition) is 1. The molecule has 0 heterocycles. The van der Waals surface area contributed by atoms with Crippen LogP contribution in [0, 0.1) is 0 Å². The van der Waals surface area contributed by atoms with Crippen molar-refractivity contribution >= 4 is 15.9 Å². The monoisotopic (exact) mass is 183 g/mol. The van der Waals surface area contributed by atoms with E-state index in [0.717, 1.165) is 6.92 Å². The summed E-state index contributed by atoms with van der Waals surface area (Å²) in [6.07, 6.45) is -0.0807. The molecule has 0 aromatic carbocycles. The summed E-state index contributed by atoms with van der Waals surface area (Å²) in [5, 5.41) is 0. The Morgan fingerprint density at radius 2 is 2.09 bits per heavy atom. The molecule has 0 aliphatic rings. The number of carbonyl (C=O) groups is 1. The number of carbonyl (C=O) groups excluding carboxylic acids is 1. The minimum Gasteiger partial charge on any atom is -0.274 e. The Morgan fingerprint density at radius 3 is 2.45 bits per heavy atom. The maximum Gasteiger partial charge on any atom is 0.234 e. The van der Waals surface area contributed by atoms with E-state index in [4.69, 9.17) is 0 Å². The lowest BCUT2D eigenvalue weighted by Crippen LogP contribution is -2.30. The molecule has 0 atom stereocenters. The first-order valence-electron chi connectivity index (χ1n) is 3.05. The Morgan fingerprint density at radius 1 is 1.55 bits per heavy atom. The van der Waals surface area contributed by atoms with Crippen LogP contribution in [0.3, 0.4) is 0 Å². The molecule has 66 valence electrons. The smallest absolute Gasteiger partial charge is 0.234 e. The summed E-state index contributed by atoms with van der Waals surface area (Å²) in [5.74, 6) is -0.993. The van der Waals surface area contributed by atoms with E-state index >= 15 is 0 Å². The average Bonchev–Trinajstić information content (AvgIpc) is 1.81. The van der Waals surface area contributed by atoms with Gasteiger partial charge in [-0.3, -0.25) is 13.9 Å². The van der Waals surface area contributed by atoms with Gasteiger partial charge in [-0.15, -0.1) is 0 Å². The molecular weight excluding hydrogens is 173 g/mol. The van der Waals surface area contributed by atoms with Crippen molar-refractivity contribution in [3.8, 4) is 0 Å². The molecule has 4 nitrogen and oxygen atoms in total. The lowest BCUT2D eigenvalue weighted by molar-refractivity contribution is -0.117. The van der Waals surface area contributed by atoms with Crippen LogP contribution in [0.4, 0.5) is 4.39 Å². The van der Waals surface area contributed by atoms with E-state index in [1.54, 1.807) is 4.72 Å². The first-order valence-corrected chi connectivity index (χ1v) is 4.70. The summed E-state index contributed by atoms with van der Waals surface area (Å²) in [4.78, 5) is 10.2. The minimum atomic E-state index is -3.58. The van der Waals surface area contributed by atoms with Gasteiger partial charge in [0.15, 0.2) is 0 Å². The van der Waals surface area contributed by atoms with Crippen LogP contribution in [0.15, 0.2) is 0 Å². The molecule has 1 amide bonds. The molecule has 1 N–H and O–H groups in total. The fraction of sp³-hybridized carbons (Fsp3) is 0.800. The van der Waals surface area contributed by atoms with Crippen LogP contribution < -0.4 is 4.72 Å². The first-order chi connectivity index (χ1) is 4.98. The number of sulfonamides is 1. The van der Waals surface area contributed by atoms with Gasteiger partial charge in [0.2, 0.25) is 15.9 Å². The molecule has 0 radical (unpaired) electrons. The summed E-state index contributed by atoms with van der Waals surface area (Å²) in [7, 11) is -3.58. The number of amides is 1. The summed E-state index contributed by atoms with van der Waals surface area (Å²) in [6, 6.07) is 0. The van der Waals surface area contributed by atoms with E-state index in [9.17, 15) is 17.6 Å². The molecule has 0 spiro atoms. The van der Waals surface area contributed by atoms with Crippen molar-refractivity contribution in [1.29, 1.82) is 0 Å². The second-order valence-electron chi connectivity index (χ2n) is 2.02. The van der Waals surface area contributed by atoms with Gasteiger partial charge in [-0.05, 0) is 6.42 Å². The summed E-state index contributed by atoms with van der Waals surface area (Å²) < 4.78 is 34.6. The summed E-state index contributed by atoms with van der Waals surface area (Å²) >= 11 is 0. The molecule has 0 aliphatic carbocycles. The van der Waals surface area contributed by atoms with Crippen molar-refractivity contribution < 1.29 is 17.6 Å². The zero-order valence-corrected chi connectivity index (χ0v) is 6.95. The molecular formula is C5H10FNO3S. The second kappa shape index (κ2) is 4.27. The summed E-state index contributed by atoms with van der Waals surface area (Å²) in [6.45, 7) is 0.395. The van der Waals surface area contributed by atoms with E-state index in [2.05, 4.69) is 0 Å². The molecule has 0 aromatic heterocycles. The Hall–Kier alpha value is -0.650. The van der Waals surface area contributed by atoms with E-state index < -0.39 is 22.6 Å². The van der Waals surface area contributed by atoms with Gasteiger partial charge in [0.25, 0.3) is 0 Å². The molecule has 0 saturated carbocycles. The van der Waals surface area contributed by atoms with Crippen molar-refractivity contribution in [2.45, 2.75) is 13.3 Å². The Balaban J connectivity index is 3.92. The molecule has 11 heavy (non-hydrogen) atoms. The topological polar surface area (TPSA) is 63.2 Å². The van der Waals surface area contributed by atoms with Crippen LogP contribution in [0.5, 0.6) is 0 Å². The predicted molar refractivity (Wildman–Crippen MR) is 38.2 cm³/mol. The van der Waals surface area contributed by atoms with Gasteiger partial charge in [0.1, 0.15) is 0 Å². The molecule has 0 rings (SSSR count). The fourth-order valence-corrected chi connectivity index (χ4v) is 1.54. The minimum absolute atomic E-state index is 0.0807. The SMILES string of the molecule is CC(=O)NS(=O)(=O)CCCF. The third kappa shape index (κ3) is 5.78. The standard InChI is InChI=1S/C5H10FNO3S/c1-5(8)7-11(9,10)4-2-3-6/h2-4H2,1H3,(H,7,8). The maximum atomic E-state index is 11.5. The van der Waals surface area contributed by atoms with Gasteiger partial charge < -0.3 is 0 Å². The Bertz CT molecular complexity index is 224. The number of alkyl halides is 1. The fourth-order valence-electron chi connectivity index (χ4n) is 0.515. The van der Waals surface area contributed by atoms with Crippen LogP contribution in [0.2, 0.25) is 0 Å². The molecule has 0 unspecified atom stereocenters. The van der Waals surface area contributed by atoms with Crippen molar-refractivity contribution in [3.63, 3.8) is 0 Å². The zero-order valence-electron chi connectivity index (χ0n) is 6.13. The quantitative estimate of drug-likeness (QED) is 0.657. The highest BCUT2D eigenvalue weighted by molar-refractivity contribution is 7.90. The van der Waals surface area contributed by atoms with E-state index in [1.165, 1.54) is 0 Å². The number of nitrogens with one attached hydrogen (secondary N) is 1. The predicted octanol–water partition coefficient (Wildman–Crippen LogP) is -0.188. The third-order valence-corrected chi connectivity index (χ3v) is 2.27. The lowest BCUT2D eigenvalue weighted by atomic mass is 10.6. The van der Waals surface area contributed by atoms with Gasteiger partial charge in [-0.25, -0.2) is 8.42 Å². The van der Waals surface area contributed by atoms with Gasteiger partial charge >= 0.3 is 0 Å². The molecule has 0 saturated heterocycles. The number of hydrogen-bond acceptors (Lipinski definition) is 3. The zero-order chi connectivity index (χ0) is 8.91. The lowest BCUT2D eigenvalue weighted by Gasteiger charge is -2.01. The van der Waals surface area contributed by atoms with Gasteiger partial charge in [-0.2, -0.15) is 0 Å². The van der Waals surface area contributed by atoms with Crippen LogP contribution in [-0.4, -0.2) is 26.8 Å². The van der Waals surface area contributed by atoms with Gasteiger partial charge in [0, 0.05) is 6.92 Å². The number of rotatable bonds is 4. The van der Waals surface area contributed by atoms with Crippen molar-refractivity contribution in [3.05, 3.63) is 0 Å². The Labute approximate surface area is 64.8 Å². The van der Waals surface area contributed by atoms with Crippen molar-refractivity contribution in [1.82, 2.24) is 4.72 Å². The summed E-state index contributed by atoms with van der Waals surface area (Å²) in [5.41, 5.74) is 0. The average molecular weight is 183 g/mol. The van der Waals surface area contributed by atoms with Crippen molar-refractivity contribution in [2.24, 2.45) is 0 Å². The number of halogens is 1.